The van der Waals surface area contributed by atoms with Crippen LogP contribution in [0.1, 0.15) is 43.7 Å². The molecule has 2 aromatic rings. The molecule has 110 valence electrons. The van der Waals surface area contributed by atoms with Crippen LogP contribution in [0, 0.1) is 0 Å². The first-order chi connectivity index (χ1) is 10.1. The molecular formula is C19H23NO. The number of hydrogen-bond donors (Lipinski definition) is 1. The second kappa shape index (κ2) is 6.57. The van der Waals surface area contributed by atoms with Crippen molar-refractivity contribution in [3.63, 3.8) is 0 Å². The lowest BCUT2D eigenvalue weighted by Gasteiger charge is -2.37. The summed E-state index contributed by atoms with van der Waals surface area (Å²) in [6.45, 7) is 4.20. The summed E-state index contributed by atoms with van der Waals surface area (Å²) in [6, 6.07) is 20.1. The highest BCUT2D eigenvalue weighted by molar-refractivity contribution is 5.88. The molecule has 0 radical (unpaired) electrons. The Bertz CT molecular complexity index is 579. The van der Waals surface area contributed by atoms with Crippen molar-refractivity contribution >= 4 is 5.91 Å². The van der Waals surface area contributed by atoms with E-state index in [2.05, 4.69) is 26.0 Å². The zero-order valence-corrected chi connectivity index (χ0v) is 12.8. The van der Waals surface area contributed by atoms with Crippen LogP contribution in [0.5, 0.6) is 0 Å². The lowest BCUT2D eigenvalue weighted by Crippen LogP contribution is -2.45. The van der Waals surface area contributed by atoms with Crippen molar-refractivity contribution in [1.29, 1.82) is 0 Å². The molecule has 0 aliphatic carbocycles. The van der Waals surface area contributed by atoms with Crippen LogP contribution in [0.4, 0.5) is 0 Å². The Morgan fingerprint density at radius 2 is 1.57 bits per heavy atom. The van der Waals surface area contributed by atoms with Crippen LogP contribution in [0.15, 0.2) is 60.7 Å². The van der Waals surface area contributed by atoms with Gasteiger partial charge in [-0.2, -0.15) is 0 Å². The monoisotopic (exact) mass is 281 g/mol. The van der Waals surface area contributed by atoms with Gasteiger partial charge in [-0.05, 0) is 23.5 Å². The highest BCUT2D eigenvalue weighted by atomic mass is 16.1. The molecule has 2 unspecified atom stereocenters. The lowest BCUT2D eigenvalue weighted by atomic mass is 9.65. The minimum Gasteiger partial charge on any atom is -0.369 e. The second-order valence-corrected chi connectivity index (χ2v) is 5.58. The Kier molecular flexibility index (Phi) is 4.79. The fraction of sp³-hybridized carbons (Fsp3) is 0.316. The van der Waals surface area contributed by atoms with Gasteiger partial charge in [0.25, 0.3) is 0 Å². The molecule has 0 aromatic heterocycles. The highest BCUT2D eigenvalue weighted by Crippen LogP contribution is 2.42. The molecule has 0 aliphatic rings. The van der Waals surface area contributed by atoms with Crippen molar-refractivity contribution in [1.82, 2.24) is 0 Å². The number of nitrogens with two attached hydrogens (primary N) is 1. The third-order valence-electron chi connectivity index (χ3n) is 4.41. The first-order valence-electron chi connectivity index (χ1n) is 7.53. The molecule has 21 heavy (non-hydrogen) atoms. The summed E-state index contributed by atoms with van der Waals surface area (Å²) in [6.07, 6.45) is 1.66. The van der Waals surface area contributed by atoms with Crippen LogP contribution in [0.3, 0.4) is 0 Å². The Hall–Kier alpha value is -2.09. The van der Waals surface area contributed by atoms with Crippen LogP contribution < -0.4 is 5.73 Å². The number of rotatable bonds is 6. The van der Waals surface area contributed by atoms with Crippen molar-refractivity contribution in [2.45, 2.75) is 38.0 Å². The average molecular weight is 281 g/mol. The quantitative estimate of drug-likeness (QED) is 0.854. The van der Waals surface area contributed by atoms with Crippen LogP contribution in [-0.4, -0.2) is 5.91 Å². The first-order valence-corrected chi connectivity index (χ1v) is 7.53. The number of amides is 1. The third kappa shape index (κ3) is 2.85. The fourth-order valence-corrected chi connectivity index (χ4v) is 3.25. The lowest BCUT2D eigenvalue weighted by molar-refractivity contribution is -0.124. The van der Waals surface area contributed by atoms with E-state index in [1.165, 1.54) is 0 Å². The smallest absolute Gasteiger partial charge is 0.228 e. The van der Waals surface area contributed by atoms with E-state index < -0.39 is 5.41 Å². The molecule has 1 amide bonds. The number of carbonyl (C=O) groups excluding carboxylic acids is 1. The molecule has 2 atom stereocenters. The zero-order valence-electron chi connectivity index (χ0n) is 12.8. The van der Waals surface area contributed by atoms with Gasteiger partial charge in [0.05, 0.1) is 5.41 Å². The molecule has 2 rings (SSSR count). The predicted octanol–water partition coefficient (Wildman–Crippen LogP) is 4.01. The van der Waals surface area contributed by atoms with Gasteiger partial charge in [-0.1, -0.05) is 80.9 Å². The van der Waals surface area contributed by atoms with Crippen molar-refractivity contribution in [3.8, 4) is 0 Å². The molecule has 0 saturated heterocycles. The van der Waals surface area contributed by atoms with E-state index in [0.717, 1.165) is 24.0 Å². The Labute approximate surface area is 127 Å². The molecule has 2 aromatic carbocycles. The average Bonchev–Trinajstić information content (AvgIpc) is 2.53. The predicted molar refractivity (Wildman–Crippen MR) is 87.1 cm³/mol. The minimum atomic E-state index is -0.655. The SMILES string of the molecule is CCCC(C(N)=O)(c1ccccc1)C(C)c1ccccc1. The Balaban J connectivity index is 2.57. The minimum absolute atomic E-state index is 0.0403. The molecule has 0 saturated carbocycles. The summed E-state index contributed by atoms with van der Waals surface area (Å²) in [5, 5.41) is 0. The number of carbonyl (C=O) groups is 1. The second-order valence-electron chi connectivity index (χ2n) is 5.58. The molecular weight excluding hydrogens is 258 g/mol. The fourth-order valence-electron chi connectivity index (χ4n) is 3.25. The maximum Gasteiger partial charge on any atom is 0.228 e. The number of hydrogen-bond acceptors (Lipinski definition) is 1. The standard InChI is InChI=1S/C19H23NO/c1-3-14-19(18(20)21,17-12-8-5-9-13-17)15(2)16-10-6-4-7-11-16/h4-13,15H,3,14H2,1-2H3,(H2,20,21). The molecule has 0 bridgehead atoms. The van der Waals surface area contributed by atoms with E-state index in [1.54, 1.807) is 0 Å². The van der Waals surface area contributed by atoms with Crippen molar-refractivity contribution in [2.24, 2.45) is 5.73 Å². The van der Waals surface area contributed by atoms with E-state index in [4.69, 9.17) is 5.73 Å². The topological polar surface area (TPSA) is 43.1 Å². The van der Waals surface area contributed by atoms with E-state index in [-0.39, 0.29) is 11.8 Å². The summed E-state index contributed by atoms with van der Waals surface area (Å²) in [7, 11) is 0. The van der Waals surface area contributed by atoms with Gasteiger partial charge in [0.15, 0.2) is 0 Å². The van der Waals surface area contributed by atoms with Gasteiger partial charge >= 0.3 is 0 Å². The van der Waals surface area contributed by atoms with Crippen molar-refractivity contribution in [3.05, 3.63) is 71.8 Å². The van der Waals surface area contributed by atoms with E-state index in [0.29, 0.717) is 0 Å². The van der Waals surface area contributed by atoms with Gasteiger partial charge in [-0.25, -0.2) is 0 Å². The van der Waals surface area contributed by atoms with Gasteiger partial charge in [-0.15, -0.1) is 0 Å². The van der Waals surface area contributed by atoms with Crippen LogP contribution >= 0.6 is 0 Å². The summed E-state index contributed by atoms with van der Waals surface area (Å²) >= 11 is 0. The van der Waals surface area contributed by atoms with E-state index in [1.807, 2.05) is 48.5 Å². The van der Waals surface area contributed by atoms with Crippen molar-refractivity contribution < 1.29 is 4.79 Å². The van der Waals surface area contributed by atoms with Crippen molar-refractivity contribution in [2.75, 3.05) is 0 Å². The largest absolute Gasteiger partial charge is 0.369 e. The van der Waals surface area contributed by atoms with Crippen LogP contribution in [0.2, 0.25) is 0 Å². The van der Waals surface area contributed by atoms with E-state index in [9.17, 15) is 4.79 Å². The zero-order chi connectivity index (χ0) is 15.3. The normalized spacial score (nSPS) is 15.1. The summed E-state index contributed by atoms with van der Waals surface area (Å²) in [5.41, 5.74) is 7.39. The Morgan fingerprint density at radius 3 is 2.05 bits per heavy atom. The number of primary amides is 1. The molecule has 2 heteroatoms. The third-order valence-corrected chi connectivity index (χ3v) is 4.41. The Morgan fingerprint density at radius 1 is 1.05 bits per heavy atom. The summed E-state index contributed by atoms with van der Waals surface area (Å²) in [5.74, 6) is -0.203. The van der Waals surface area contributed by atoms with Crippen LogP contribution in [-0.2, 0) is 10.2 Å². The molecule has 0 aliphatic heterocycles. The highest BCUT2D eigenvalue weighted by Gasteiger charge is 2.43. The van der Waals surface area contributed by atoms with Gasteiger partial charge in [-0.3, -0.25) is 4.79 Å². The summed E-state index contributed by atoms with van der Waals surface area (Å²) < 4.78 is 0. The summed E-state index contributed by atoms with van der Waals surface area (Å²) in [4.78, 5) is 12.4. The molecule has 0 spiro atoms. The maximum absolute atomic E-state index is 12.4. The molecule has 0 heterocycles. The maximum atomic E-state index is 12.4. The van der Waals surface area contributed by atoms with E-state index >= 15 is 0 Å². The molecule has 2 nitrogen and oxygen atoms in total. The van der Waals surface area contributed by atoms with Gasteiger partial charge in [0.2, 0.25) is 5.91 Å². The molecule has 2 N–H and O–H groups in total. The number of benzene rings is 2. The first kappa shape index (κ1) is 15.3. The van der Waals surface area contributed by atoms with Gasteiger partial charge < -0.3 is 5.73 Å². The van der Waals surface area contributed by atoms with Gasteiger partial charge in [0, 0.05) is 0 Å². The van der Waals surface area contributed by atoms with Crippen LogP contribution in [0.25, 0.3) is 0 Å². The van der Waals surface area contributed by atoms with Gasteiger partial charge in [0.1, 0.15) is 0 Å². The molecule has 0 fully saturated rings.